The molecular weight excluding hydrogens is 138 g/mol. The molecule has 3 atom stereocenters. The molecule has 1 aliphatic rings. The van der Waals surface area contributed by atoms with E-state index >= 15 is 0 Å². The zero-order valence-corrected chi connectivity index (χ0v) is 7.34. The van der Waals surface area contributed by atoms with Crippen LogP contribution in [-0.2, 0) is 4.79 Å². The Bertz CT molecular complexity index is 156. The molecule has 11 heavy (non-hydrogen) atoms. The normalized spacial score (nSPS) is 31.5. The van der Waals surface area contributed by atoms with Gasteiger partial charge in [0.25, 0.3) is 0 Å². The van der Waals surface area contributed by atoms with E-state index in [-0.39, 0.29) is 6.04 Å². The van der Waals surface area contributed by atoms with Crippen LogP contribution >= 0.6 is 0 Å². The minimum Gasteiger partial charge on any atom is -0.327 e. The summed E-state index contributed by atoms with van der Waals surface area (Å²) in [5.74, 6) is 1.37. The Morgan fingerprint density at radius 3 is 2.64 bits per heavy atom. The van der Waals surface area contributed by atoms with Crippen molar-refractivity contribution in [2.45, 2.75) is 39.2 Å². The lowest BCUT2D eigenvalue weighted by atomic mass is 10.1. The van der Waals surface area contributed by atoms with Crippen LogP contribution in [0.3, 0.4) is 0 Å². The highest BCUT2D eigenvalue weighted by atomic mass is 16.1. The molecule has 1 rings (SSSR count). The third kappa shape index (κ3) is 2.29. The quantitative estimate of drug-likeness (QED) is 0.665. The minimum atomic E-state index is 0.0929. The van der Waals surface area contributed by atoms with E-state index in [9.17, 15) is 4.79 Å². The average Bonchev–Trinajstić information content (AvgIpc) is 2.66. The lowest BCUT2D eigenvalue weighted by Crippen LogP contribution is -2.23. The Morgan fingerprint density at radius 2 is 2.27 bits per heavy atom. The van der Waals surface area contributed by atoms with Gasteiger partial charge in [0.2, 0.25) is 0 Å². The molecule has 0 aromatic carbocycles. The van der Waals surface area contributed by atoms with Crippen LogP contribution < -0.4 is 5.73 Å². The molecule has 2 nitrogen and oxygen atoms in total. The van der Waals surface area contributed by atoms with E-state index in [4.69, 9.17) is 5.73 Å². The molecule has 0 bridgehead atoms. The maximum atomic E-state index is 11.3. The van der Waals surface area contributed by atoms with Gasteiger partial charge in [0.05, 0.1) is 0 Å². The molecule has 2 heteroatoms. The lowest BCUT2D eigenvalue weighted by molar-refractivity contribution is -0.120. The lowest BCUT2D eigenvalue weighted by Gasteiger charge is -2.05. The van der Waals surface area contributed by atoms with Crippen molar-refractivity contribution in [1.82, 2.24) is 0 Å². The molecule has 2 N–H and O–H groups in total. The number of rotatable bonds is 4. The number of Topliss-reactive ketones (excluding diaryl/α,β-unsaturated/α-hetero) is 1. The predicted octanol–water partition coefficient (Wildman–Crippen LogP) is 1.34. The van der Waals surface area contributed by atoms with Crippen LogP contribution in [0.15, 0.2) is 0 Å². The molecule has 0 spiro atoms. The molecule has 0 saturated heterocycles. The van der Waals surface area contributed by atoms with Gasteiger partial charge in [0.1, 0.15) is 5.78 Å². The van der Waals surface area contributed by atoms with Gasteiger partial charge in [-0.05, 0) is 18.8 Å². The van der Waals surface area contributed by atoms with Crippen LogP contribution in [-0.4, -0.2) is 11.8 Å². The Hall–Kier alpha value is -0.370. The summed E-state index contributed by atoms with van der Waals surface area (Å²) >= 11 is 0. The van der Waals surface area contributed by atoms with Crippen molar-refractivity contribution < 1.29 is 4.79 Å². The third-order valence-corrected chi connectivity index (χ3v) is 2.51. The van der Waals surface area contributed by atoms with Gasteiger partial charge >= 0.3 is 0 Å². The highest BCUT2D eigenvalue weighted by Gasteiger charge is 2.38. The van der Waals surface area contributed by atoms with Gasteiger partial charge in [0, 0.05) is 18.4 Å². The Morgan fingerprint density at radius 1 is 1.73 bits per heavy atom. The van der Waals surface area contributed by atoms with Crippen molar-refractivity contribution in [2.75, 3.05) is 0 Å². The number of hydrogen-bond donors (Lipinski definition) is 1. The summed E-state index contributed by atoms with van der Waals surface area (Å²) in [6, 6.07) is 0.0929. The molecule has 0 aromatic rings. The Kier molecular flexibility index (Phi) is 2.66. The molecule has 3 unspecified atom stereocenters. The fourth-order valence-electron chi connectivity index (χ4n) is 1.32. The first-order valence-electron chi connectivity index (χ1n) is 4.43. The first-order valence-corrected chi connectivity index (χ1v) is 4.43. The zero-order chi connectivity index (χ0) is 8.43. The molecule has 0 aliphatic heterocycles. The monoisotopic (exact) mass is 155 g/mol. The second kappa shape index (κ2) is 3.35. The summed E-state index contributed by atoms with van der Waals surface area (Å²) in [7, 11) is 0. The average molecular weight is 155 g/mol. The van der Waals surface area contributed by atoms with Crippen molar-refractivity contribution in [3.63, 3.8) is 0 Å². The SMILES string of the molecule is CCC(N)CC(=O)C1CC1C. The van der Waals surface area contributed by atoms with Crippen molar-refractivity contribution in [3.05, 3.63) is 0 Å². The van der Waals surface area contributed by atoms with Crippen molar-refractivity contribution in [2.24, 2.45) is 17.6 Å². The second-order valence-corrected chi connectivity index (χ2v) is 3.66. The summed E-state index contributed by atoms with van der Waals surface area (Å²) in [4.78, 5) is 11.3. The first-order chi connectivity index (χ1) is 5.15. The fourth-order valence-corrected chi connectivity index (χ4v) is 1.32. The van der Waals surface area contributed by atoms with E-state index in [2.05, 4.69) is 6.92 Å². The van der Waals surface area contributed by atoms with Gasteiger partial charge in [0.15, 0.2) is 0 Å². The molecule has 1 saturated carbocycles. The van der Waals surface area contributed by atoms with Crippen LogP contribution in [0, 0.1) is 11.8 Å². The molecule has 0 radical (unpaired) electrons. The fraction of sp³-hybridized carbons (Fsp3) is 0.889. The smallest absolute Gasteiger partial charge is 0.137 e. The van der Waals surface area contributed by atoms with Crippen molar-refractivity contribution in [1.29, 1.82) is 0 Å². The number of carbonyl (C=O) groups is 1. The van der Waals surface area contributed by atoms with Crippen LogP contribution in [0.1, 0.15) is 33.1 Å². The standard InChI is InChI=1S/C9H17NO/c1-3-7(10)5-9(11)8-4-6(8)2/h6-8H,3-5,10H2,1-2H3. The maximum Gasteiger partial charge on any atom is 0.137 e. The molecule has 1 aliphatic carbocycles. The van der Waals surface area contributed by atoms with Crippen LogP contribution in [0.2, 0.25) is 0 Å². The predicted molar refractivity (Wildman–Crippen MR) is 45.2 cm³/mol. The number of nitrogens with two attached hydrogens (primary N) is 1. The Labute approximate surface area is 68.2 Å². The summed E-state index contributed by atoms with van der Waals surface area (Å²) in [5, 5.41) is 0. The minimum absolute atomic E-state index is 0.0929. The number of carbonyl (C=O) groups excluding carboxylic acids is 1. The van der Waals surface area contributed by atoms with Gasteiger partial charge in [-0.25, -0.2) is 0 Å². The van der Waals surface area contributed by atoms with E-state index in [0.29, 0.717) is 24.0 Å². The van der Waals surface area contributed by atoms with Crippen molar-refractivity contribution >= 4 is 5.78 Å². The Balaban J connectivity index is 2.21. The second-order valence-electron chi connectivity index (χ2n) is 3.66. The van der Waals surface area contributed by atoms with E-state index in [1.165, 1.54) is 0 Å². The van der Waals surface area contributed by atoms with E-state index < -0.39 is 0 Å². The van der Waals surface area contributed by atoms with E-state index in [0.717, 1.165) is 12.8 Å². The van der Waals surface area contributed by atoms with Gasteiger partial charge in [-0.1, -0.05) is 13.8 Å². The van der Waals surface area contributed by atoms with Crippen LogP contribution in [0.25, 0.3) is 0 Å². The zero-order valence-electron chi connectivity index (χ0n) is 7.34. The van der Waals surface area contributed by atoms with Crippen molar-refractivity contribution in [3.8, 4) is 0 Å². The van der Waals surface area contributed by atoms with Gasteiger partial charge < -0.3 is 5.73 Å². The third-order valence-electron chi connectivity index (χ3n) is 2.51. The molecule has 0 heterocycles. The van der Waals surface area contributed by atoms with Gasteiger partial charge in [-0.15, -0.1) is 0 Å². The van der Waals surface area contributed by atoms with Gasteiger partial charge in [-0.3, -0.25) is 4.79 Å². The van der Waals surface area contributed by atoms with Crippen LogP contribution in [0.5, 0.6) is 0 Å². The van der Waals surface area contributed by atoms with E-state index in [1.807, 2.05) is 6.92 Å². The number of hydrogen-bond acceptors (Lipinski definition) is 2. The summed E-state index contributed by atoms with van der Waals surface area (Å²) in [6.45, 7) is 4.15. The first kappa shape index (κ1) is 8.72. The topological polar surface area (TPSA) is 43.1 Å². The largest absolute Gasteiger partial charge is 0.327 e. The van der Waals surface area contributed by atoms with Crippen LogP contribution in [0.4, 0.5) is 0 Å². The van der Waals surface area contributed by atoms with E-state index in [1.54, 1.807) is 0 Å². The highest BCUT2D eigenvalue weighted by molar-refractivity contribution is 5.84. The molecule has 1 fully saturated rings. The molecule has 0 amide bonds. The highest BCUT2D eigenvalue weighted by Crippen LogP contribution is 2.39. The molecule has 64 valence electrons. The number of ketones is 1. The van der Waals surface area contributed by atoms with Gasteiger partial charge in [-0.2, -0.15) is 0 Å². The molecular formula is C9H17NO. The maximum absolute atomic E-state index is 11.3. The molecule has 0 aromatic heterocycles. The summed E-state index contributed by atoms with van der Waals surface area (Å²) < 4.78 is 0. The summed E-state index contributed by atoms with van der Waals surface area (Å²) in [6.07, 6.45) is 2.59. The summed E-state index contributed by atoms with van der Waals surface area (Å²) in [5.41, 5.74) is 5.66.